The molecule has 17 heavy (non-hydrogen) atoms. The van der Waals surface area contributed by atoms with E-state index in [9.17, 15) is 5.11 Å². The minimum absolute atomic E-state index is 0.0689. The molecular formula is C11H15N5O. The van der Waals surface area contributed by atoms with Crippen molar-refractivity contribution in [3.05, 3.63) is 12.5 Å². The minimum atomic E-state index is 0.0689. The van der Waals surface area contributed by atoms with E-state index in [2.05, 4.69) is 20.4 Å². The van der Waals surface area contributed by atoms with Gasteiger partial charge in [0.05, 0.1) is 18.2 Å². The Morgan fingerprint density at radius 2 is 2.29 bits per heavy atom. The fourth-order valence-electron chi connectivity index (χ4n) is 1.94. The third kappa shape index (κ3) is 1.74. The second-order valence-electron chi connectivity index (χ2n) is 4.74. The van der Waals surface area contributed by atoms with E-state index in [1.807, 2.05) is 7.05 Å². The summed E-state index contributed by atoms with van der Waals surface area (Å²) in [6, 6.07) is 0. The van der Waals surface area contributed by atoms with Crippen LogP contribution in [0.3, 0.4) is 0 Å². The smallest absolute Gasteiger partial charge is 0.163 e. The number of rotatable bonds is 4. The summed E-state index contributed by atoms with van der Waals surface area (Å²) in [5.74, 6) is 0.794. The van der Waals surface area contributed by atoms with Gasteiger partial charge in [-0.05, 0) is 12.8 Å². The summed E-state index contributed by atoms with van der Waals surface area (Å²) in [6.45, 7) is 0.992. The number of aromatic nitrogens is 4. The molecule has 2 aromatic rings. The molecule has 0 aliphatic heterocycles. The van der Waals surface area contributed by atoms with Crippen molar-refractivity contribution in [1.29, 1.82) is 0 Å². The predicted octanol–water partition coefficient (Wildman–Crippen LogP) is 0.548. The van der Waals surface area contributed by atoms with Gasteiger partial charge < -0.3 is 10.4 Å². The Bertz CT molecular complexity index is 546. The molecule has 90 valence electrons. The van der Waals surface area contributed by atoms with Crippen LogP contribution >= 0.6 is 0 Å². The van der Waals surface area contributed by atoms with E-state index >= 15 is 0 Å². The first-order valence-electron chi connectivity index (χ1n) is 5.72. The lowest BCUT2D eigenvalue weighted by molar-refractivity contribution is 0.219. The first kappa shape index (κ1) is 10.5. The summed E-state index contributed by atoms with van der Waals surface area (Å²) in [7, 11) is 1.86. The molecule has 3 rings (SSSR count). The van der Waals surface area contributed by atoms with Crippen molar-refractivity contribution in [2.24, 2.45) is 12.5 Å². The lowest BCUT2D eigenvalue weighted by Gasteiger charge is -2.13. The lowest BCUT2D eigenvalue weighted by Crippen LogP contribution is -2.19. The summed E-state index contributed by atoms with van der Waals surface area (Å²) in [5.41, 5.74) is 0.885. The van der Waals surface area contributed by atoms with Gasteiger partial charge in [-0.3, -0.25) is 4.68 Å². The van der Waals surface area contributed by atoms with Gasteiger partial charge in [0, 0.05) is 19.0 Å². The van der Waals surface area contributed by atoms with E-state index in [-0.39, 0.29) is 12.0 Å². The molecule has 0 amide bonds. The van der Waals surface area contributed by atoms with Crippen LogP contribution in [0.5, 0.6) is 0 Å². The van der Waals surface area contributed by atoms with Crippen LogP contribution in [0.25, 0.3) is 11.0 Å². The van der Waals surface area contributed by atoms with Crippen LogP contribution in [0, 0.1) is 5.41 Å². The number of aryl methyl sites for hydroxylation is 1. The molecule has 0 spiro atoms. The van der Waals surface area contributed by atoms with Gasteiger partial charge in [0.2, 0.25) is 0 Å². The van der Waals surface area contributed by atoms with E-state index in [0.717, 1.165) is 36.2 Å². The SMILES string of the molecule is Cn1ncc2c(NCC3(CO)CC3)ncnc21. The zero-order chi connectivity index (χ0) is 11.9. The van der Waals surface area contributed by atoms with E-state index in [1.165, 1.54) is 6.33 Å². The van der Waals surface area contributed by atoms with Crippen LogP contribution in [0.1, 0.15) is 12.8 Å². The maximum Gasteiger partial charge on any atom is 0.163 e. The Labute approximate surface area is 98.7 Å². The fourth-order valence-corrected chi connectivity index (χ4v) is 1.94. The molecule has 0 unspecified atom stereocenters. The second kappa shape index (κ2) is 3.66. The van der Waals surface area contributed by atoms with Gasteiger partial charge in [-0.15, -0.1) is 0 Å². The highest BCUT2D eigenvalue weighted by Crippen LogP contribution is 2.45. The van der Waals surface area contributed by atoms with Crippen molar-refractivity contribution in [2.45, 2.75) is 12.8 Å². The molecule has 2 N–H and O–H groups in total. The van der Waals surface area contributed by atoms with Crippen LogP contribution in [0.2, 0.25) is 0 Å². The molecule has 2 heterocycles. The Morgan fingerprint density at radius 3 is 3.00 bits per heavy atom. The molecule has 0 atom stereocenters. The maximum absolute atomic E-state index is 9.26. The molecule has 2 aromatic heterocycles. The van der Waals surface area contributed by atoms with Gasteiger partial charge in [0.15, 0.2) is 5.65 Å². The molecule has 6 heteroatoms. The highest BCUT2D eigenvalue weighted by molar-refractivity contribution is 5.85. The molecule has 0 saturated heterocycles. The van der Waals surface area contributed by atoms with Gasteiger partial charge in [-0.25, -0.2) is 9.97 Å². The molecule has 1 fully saturated rings. The summed E-state index contributed by atoms with van der Waals surface area (Å²) < 4.78 is 1.72. The number of anilines is 1. The maximum atomic E-state index is 9.26. The Morgan fingerprint density at radius 1 is 1.47 bits per heavy atom. The molecular weight excluding hydrogens is 218 g/mol. The first-order valence-corrected chi connectivity index (χ1v) is 5.72. The van der Waals surface area contributed by atoms with E-state index < -0.39 is 0 Å². The minimum Gasteiger partial charge on any atom is -0.396 e. The van der Waals surface area contributed by atoms with Crippen LogP contribution in [0.15, 0.2) is 12.5 Å². The van der Waals surface area contributed by atoms with Gasteiger partial charge in [0.25, 0.3) is 0 Å². The van der Waals surface area contributed by atoms with Gasteiger partial charge in [-0.1, -0.05) is 0 Å². The van der Waals surface area contributed by atoms with E-state index in [1.54, 1.807) is 10.9 Å². The second-order valence-corrected chi connectivity index (χ2v) is 4.74. The van der Waals surface area contributed by atoms with Crippen LogP contribution in [-0.2, 0) is 7.05 Å². The molecule has 0 aromatic carbocycles. The summed E-state index contributed by atoms with van der Waals surface area (Å²) in [4.78, 5) is 8.41. The monoisotopic (exact) mass is 233 g/mol. The van der Waals surface area contributed by atoms with Gasteiger partial charge in [-0.2, -0.15) is 5.10 Å². The average molecular weight is 233 g/mol. The summed E-state index contributed by atoms with van der Waals surface area (Å²) >= 11 is 0. The van der Waals surface area contributed by atoms with Crippen molar-refractivity contribution in [2.75, 3.05) is 18.5 Å². The fraction of sp³-hybridized carbons (Fsp3) is 0.545. The van der Waals surface area contributed by atoms with Gasteiger partial charge in [0.1, 0.15) is 12.1 Å². The van der Waals surface area contributed by atoms with Crippen LogP contribution < -0.4 is 5.32 Å². The molecule has 1 aliphatic carbocycles. The molecule has 6 nitrogen and oxygen atoms in total. The van der Waals surface area contributed by atoms with Gasteiger partial charge >= 0.3 is 0 Å². The number of nitrogens with one attached hydrogen (secondary N) is 1. The van der Waals surface area contributed by atoms with Crippen molar-refractivity contribution < 1.29 is 5.11 Å². The first-order chi connectivity index (χ1) is 8.24. The summed E-state index contributed by atoms with van der Waals surface area (Å²) in [5, 5.41) is 17.6. The zero-order valence-corrected chi connectivity index (χ0v) is 9.72. The molecule has 1 aliphatic rings. The quantitative estimate of drug-likeness (QED) is 0.806. The van der Waals surface area contributed by atoms with Crippen molar-refractivity contribution in [1.82, 2.24) is 19.7 Å². The van der Waals surface area contributed by atoms with E-state index in [4.69, 9.17) is 0 Å². The van der Waals surface area contributed by atoms with Crippen molar-refractivity contribution >= 4 is 16.9 Å². The molecule has 0 radical (unpaired) electrons. The third-order valence-corrected chi connectivity index (χ3v) is 3.45. The molecule has 1 saturated carbocycles. The third-order valence-electron chi connectivity index (χ3n) is 3.45. The number of hydrogen-bond acceptors (Lipinski definition) is 5. The predicted molar refractivity (Wildman–Crippen MR) is 63.5 cm³/mol. The Balaban J connectivity index is 1.85. The summed E-state index contributed by atoms with van der Waals surface area (Å²) in [6.07, 6.45) is 5.45. The Hall–Kier alpha value is -1.69. The molecule has 0 bridgehead atoms. The zero-order valence-electron chi connectivity index (χ0n) is 9.72. The number of aliphatic hydroxyl groups excluding tert-OH is 1. The van der Waals surface area contributed by atoms with Crippen molar-refractivity contribution in [3.63, 3.8) is 0 Å². The van der Waals surface area contributed by atoms with Crippen molar-refractivity contribution in [3.8, 4) is 0 Å². The highest BCUT2D eigenvalue weighted by Gasteiger charge is 2.41. The normalized spacial score (nSPS) is 17.3. The number of hydrogen-bond donors (Lipinski definition) is 2. The topological polar surface area (TPSA) is 75.9 Å². The Kier molecular flexibility index (Phi) is 2.25. The van der Waals surface area contributed by atoms with E-state index in [0.29, 0.717) is 0 Å². The number of fused-ring (bicyclic) bond motifs is 1. The van der Waals surface area contributed by atoms with Crippen LogP contribution in [-0.4, -0.2) is 38.0 Å². The average Bonchev–Trinajstić information content (AvgIpc) is 3.05. The largest absolute Gasteiger partial charge is 0.396 e. The standard InChI is InChI=1S/C11H15N5O/c1-16-10-8(4-15-16)9(13-7-14-10)12-5-11(6-17)2-3-11/h4,7,17H,2-3,5-6H2,1H3,(H,12,13,14). The lowest BCUT2D eigenvalue weighted by atomic mass is 10.1. The highest BCUT2D eigenvalue weighted by atomic mass is 16.3. The number of nitrogens with zero attached hydrogens (tertiary/aromatic N) is 4. The number of aliphatic hydroxyl groups is 1. The van der Waals surface area contributed by atoms with Crippen LogP contribution in [0.4, 0.5) is 5.82 Å².